The number of nitrogens with zero attached hydrogens (tertiary/aromatic N) is 1. The van der Waals surface area contributed by atoms with Crippen LogP contribution in [0.25, 0.3) is 0 Å². The lowest BCUT2D eigenvalue weighted by Gasteiger charge is -2.44. The first kappa shape index (κ1) is 38.5. The van der Waals surface area contributed by atoms with Crippen molar-refractivity contribution >= 4 is 29.7 Å². The molecule has 264 valence electrons. The van der Waals surface area contributed by atoms with Crippen molar-refractivity contribution in [3.63, 3.8) is 0 Å². The lowest BCUT2D eigenvalue weighted by molar-refractivity contribution is -0.179. The van der Waals surface area contributed by atoms with E-state index in [1.807, 2.05) is 20.8 Å². The highest BCUT2D eigenvalue weighted by atomic mass is 16.6. The number of pyridine rings is 1. The number of aliphatic hydroxyl groups is 1. The number of carbonyl (C=O) groups is 5. The second-order valence-electron chi connectivity index (χ2n) is 13.9. The third-order valence-corrected chi connectivity index (χ3v) is 8.78. The molecule has 0 spiro atoms. The van der Waals surface area contributed by atoms with Crippen molar-refractivity contribution < 1.29 is 52.8 Å². The average Bonchev–Trinajstić information content (AvgIpc) is 3.26. The van der Waals surface area contributed by atoms with E-state index in [1.54, 1.807) is 32.9 Å². The monoisotopic (exact) mass is 671 g/mol. The van der Waals surface area contributed by atoms with Crippen molar-refractivity contribution in [3.8, 4) is 0 Å². The third-order valence-electron chi connectivity index (χ3n) is 8.78. The Labute approximate surface area is 282 Å². The molecule has 9 atom stereocenters. The van der Waals surface area contributed by atoms with Gasteiger partial charge in [0.2, 0.25) is 0 Å². The lowest BCUT2D eigenvalue weighted by atomic mass is 9.72. The summed E-state index contributed by atoms with van der Waals surface area (Å²) >= 11 is 0. The van der Waals surface area contributed by atoms with Crippen LogP contribution in [0.2, 0.25) is 0 Å². The highest BCUT2D eigenvalue weighted by Gasteiger charge is 2.62. The van der Waals surface area contributed by atoms with Gasteiger partial charge in [-0.1, -0.05) is 60.3 Å². The maximum atomic E-state index is 14.3. The second-order valence-corrected chi connectivity index (χ2v) is 13.9. The van der Waals surface area contributed by atoms with E-state index in [0.29, 0.717) is 0 Å². The normalized spacial score (nSPS) is 32.6. The fourth-order valence-electron chi connectivity index (χ4n) is 6.63. The van der Waals surface area contributed by atoms with Crippen LogP contribution in [0.15, 0.2) is 48.8 Å². The van der Waals surface area contributed by atoms with E-state index < -0.39 is 83.0 Å². The highest BCUT2D eigenvalue weighted by Crippen LogP contribution is 2.49. The predicted molar refractivity (Wildman–Crippen MR) is 173 cm³/mol. The number of rotatable bonds is 8. The van der Waals surface area contributed by atoms with Crippen LogP contribution in [-0.2, 0) is 42.9 Å². The Hall–Kier alpha value is -3.90. The van der Waals surface area contributed by atoms with Gasteiger partial charge in [0.15, 0.2) is 24.1 Å². The van der Waals surface area contributed by atoms with E-state index in [2.05, 4.69) is 11.6 Å². The lowest BCUT2D eigenvalue weighted by Crippen LogP contribution is -2.58. The molecule has 0 aliphatic heterocycles. The molecule has 0 saturated heterocycles. The van der Waals surface area contributed by atoms with Crippen molar-refractivity contribution in [1.82, 2.24) is 4.98 Å². The van der Waals surface area contributed by atoms with Crippen LogP contribution in [-0.4, -0.2) is 82.5 Å². The number of ether oxygens (including phenoxy) is 5. The standard InChI is InChI=1S/C36H49NO11/c1-19(2)18-44-28-21(4)16-36(43)27(28)29(45-23(6)38)22(5)30(46-24(7)39)31(48-34(42)26-12-11-15-37-17-26)33(47-25(8)40)35(9,10)14-13-20(3)32(36)41/h11-15,17,19-21,27-31,33,43H,5,16,18H2,1-4,6-10H3/b14-13-/t20-,21?,27-,28+,29?,30+,31-,33?,36-/m1/s1. The largest absolute Gasteiger partial charge is 0.458 e. The minimum Gasteiger partial charge on any atom is -0.458 e. The Morgan fingerprint density at radius 1 is 0.979 bits per heavy atom. The number of Topliss-reactive ketones (excluding diaryl/α,β-unsaturated/α-hetero) is 1. The van der Waals surface area contributed by atoms with Gasteiger partial charge in [-0.25, -0.2) is 4.79 Å². The van der Waals surface area contributed by atoms with Crippen molar-refractivity contribution in [2.24, 2.45) is 29.1 Å². The molecule has 12 heteroatoms. The summed E-state index contributed by atoms with van der Waals surface area (Å²) in [6.45, 7) is 18.7. The summed E-state index contributed by atoms with van der Waals surface area (Å²) < 4.78 is 29.9. The zero-order chi connectivity index (χ0) is 36.1. The third kappa shape index (κ3) is 8.76. The summed E-state index contributed by atoms with van der Waals surface area (Å²) in [6, 6.07) is 3.00. The summed E-state index contributed by atoms with van der Waals surface area (Å²) in [6.07, 6.45) is -0.845. The van der Waals surface area contributed by atoms with E-state index >= 15 is 0 Å². The average molecular weight is 672 g/mol. The maximum absolute atomic E-state index is 14.3. The number of ketones is 1. The molecule has 2 aliphatic carbocycles. The molecule has 2 aliphatic rings. The zero-order valence-corrected chi connectivity index (χ0v) is 29.3. The Morgan fingerprint density at radius 3 is 2.12 bits per heavy atom. The van der Waals surface area contributed by atoms with E-state index in [-0.39, 0.29) is 36.0 Å². The fraction of sp³-hybridized carbons (Fsp3) is 0.611. The minimum atomic E-state index is -2.07. The summed E-state index contributed by atoms with van der Waals surface area (Å²) in [5, 5.41) is 12.4. The van der Waals surface area contributed by atoms with Crippen LogP contribution in [0.3, 0.4) is 0 Å². The quantitative estimate of drug-likeness (QED) is 0.238. The molecule has 0 bridgehead atoms. The van der Waals surface area contributed by atoms with E-state index in [0.717, 1.165) is 13.8 Å². The number of aromatic nitrogens is 1. The number of esters is 4. The Bertz CT molecular complexity index is 1400. The first-order chi connectivity index (χ1) is 22.3. The number of carbonyl (C=O) groups excluding carboxylic acids is 5. The maximum Gasteiger partial charge on any atom is 0.340 e. The van der Waals surface area contributed by atoms with Gasteiger partial charge in [-0.3, -0.25) is 24.2 Å². The molecule has 48 heavy (non-hydrogen) atoms. The molecule has 0 radical (unpaired) electrons. The molecule has 1 aromatic heterocycles. The molecule has 1 fully saturated rings. The number of hydrogen-bond acceptors (Lipinski definition) is 12. The van der Waals surface area contributed by atoms with Crippen LogP contribution in [0.1, 0.15) is 79.1 Å². The Kier molecular flexibility index (Phi) is 12.5. The molecule has 1 heterocycles. The molecule has 0 aromatic carbocycles. The van der Waals surface area contributed by atoms with Gasteiger partial charge in [0, 0.05) is 56.7 Å². The summed E-state index contributed by atoms with van der Waals surface area (Å²) in [7, 11) is 0. The number of fused-ring (bicyclic) bond motifs is 1. The molecule has 3 rings (SSSR count). The van der Waals surface area contributed by atoms with Crippen molar-refractivity contribution in [3.05, 3.63) is 54.4 Å². The summed E-state index contributed by atoms with van der Waals surface area (Å²) in [5.74, 6) is -6.12. The van der Waals surface area contributed by atoms with Gasteiger partial charge in [-0.15, -0.1) is 0 Å². The van der Waals surface area contributed by atoms with Gasteiger partial charge >= 0.3 is 23.9 Å². The van der Waals surface area contributed by atoms with E-state index in [9.17, 15) is 29.1 Å². The van der Waals surface area contributed by atoms with Crippen molar-refractivity contribution in [2.75, 3.05) is 6.61 Å². The van der Waals surface area contributed by atoms with Crippen molar-refractivity contribution in [1.29, 1.82) is 0 Å². The summed E-state index contributed by atoms with van der Waals surface area (Å²) in [4.78, 5) is 70.0. The Balaban J connectivity index is 2.39. The van der Waals surface area contributed by atoms with Crippen molar-refractivity contribution in [2.45, 2.75) is 105 Å². The molecular formula is C36H49NO11. The molecule has 0 amide bonds. The zero-order valence-electron chi connectivity index (χ0n) is 29.3. The van der Waals surface area contributed by atoms with Gasteiger partial charge < -0.3 is 28.8 Å². The van der Waals surface area contributed by atoms with Crippen LogP contribution in [0.5, 0.6) is 0 Å². The van der Waals surface area contributed by atoms with Gasteiger partial charge in [0.25, 0.3) is 0 Å². The van der Waals surface area contributed by atoms with Crippen LogP contribution in [0.4, 0.5) is 0 Å². The van der Waals surface area contributed by atoms with Gasteiger partial charge in [0.05, 0.1) is 17.6 Å². The topological polar surface area (TPSA) is 165 Å². The van der Waals surface area contributed by atoms with E-state index in [4.69, 9.17) is 23.7 Å². The van der Waals surface area contributed by atoms with Crippen LogP contribution >= 0.6 is 0 Å². The van der Waals surface area contributed by atoms with Gasteiger partial charge in [-0.05, 0) is 30.4 Å². The first-order valence-electron chi connectivity index (χ1n) is 16.2. The smallest absolute Gasteiger partial charge is 0.340 e. The molecule has 1 N–H and O–H groups in total. The molecule has 1 aromatic rings. The molecular weight excluding hydrogens is 622 g/mol. The van der Waals surface area contributed by atoms with Crippen LogP contribution in [0, 0.1) is 29.1 Å². The SMILES string of the molecule is C=C1C(OC(C)=O)[C@H]2[C@@H](OCC(C)C)C(C)C[C@]2(O)C(=O)[C@H](C)/C=C\C(C)(C)C(OC(C)=O)[C@H](OC(=O)c2cccnc2)[C@H]1OC(C)=O. The number of hydrogen-bond donors (Lipinski definition) is 1. The summed E-state index contributed by atoms with van der Waals surface area (Å²) in [5.41, 5.74) is -3.31. The second kappa shape index (κ2) is 15.5. The highest BCUT2D eigenvalue weighted by molar-refractivity contribution is 5.91. The first-order valence-corrected chi connectivity index (χ1v) is 16.2. The van der Waals surface area contributed by atoms with Gasteiger partial charge in [-0.2, -0.15) is 0 Å². The van der Waals surface area contributed by atoms with E-state index in [1.165, 1.54) is 31.5 Å². The fourth-order valence-corrected chi connectivity index (χ4v) is 6.63. The minimum absolute atomic E-state index is 0.0143. The molecule has 1 saturated carbocycles. The molecule has 12 nitrogen and oxygen atoms in total. The van der Waals surface area contributed by atoms with Gasteiger partial charge in [0.1, 0.15) is 11.7 Å². The van der Waals surface area contributed by atoms with Crippen LogP contribution < -0.4 is 0 Å². The molecule has 3 unspecified atom stereocenters. The number of allylic oxidation sites excluding steroid dienone is 1. The predicted octanol–water partition coefficient (Wildman–Crippen LogP) is 4.19. The Morgan fingerprint density at radius 2 is 1.58 bits per heavy atom.